The molecular weight excluding hydrogens is 218 g/mol. The largest absolute Gasteiger partial charge is 0.369 e. The van der Waals surface area contributed by atoms with E-state index in [0.717, 1.165) is 12.2 Å². The summed E-state index contributed by atoms with van der Waals surface area (Å²) in [6, 6.07) is 0.240. The lowest BCUT2D eigenvalue weighted by molar-refractivity contribution is -0.0759. The first-order valence-electron chi connectivity index (χ1n) is 6.21. The highest BCUT2D eigenvalue weighted by Crippen LogP contribution is 2.43. The third kappa shape index (κ3) is 3.64. The summed E-state index contributed by atoms with van der Waals surface area (Å²) in [4.78, 5) is 0. The summed E-state index contributed by atoms with van der Waals surface area (Å²) in [5.74, 6) is 1.50. The van der Waals surface area contributed by atoms with Gasteiger partial charge in [-0.1, -0.05) is 13.8 Å². The van der Waals surface area contributed by atoms with Crippen molar-refractivity contribution in [1.82, 2.24) is 0 Å². The molecule has 16 heavy (non-hydrogen) atoms. The van der Waals surface area contributed by atoms with Gasteiger partial charge in [0.05, 0.1) is 11.2 Å². The first-order chi connectivity index (χ1) is 7.14. The summed E-state index contributed by atoms with van der Waals surface area (Å²) in [6.45, 7) is 13.1. The fourth-order valence-electron chi connectivity index (χ4n) is 2.69. The van der Waals surface area contributed by atoms with E-state index in [4.69, 9.17) is 10.5 Å². The van der Waals surface area contributed by atoms with Crippen molar-refractivity contribution in [2.45, 2.75) is 70.5 Å². The second kappa shape index (κ2) is 4.87. The maximum atomic E-state index is 6.32. The summed E-state index contributed by atoms with van der Waals surface area (Å²) in [5, 5.41) is 0.657. The minimum Gasteiger partial charge on any atom is -0.369 e. The summed E-state index contributed by atoms with van der Waals surface area (Å²) in [5.41, 5.74) is 6.22. The normalized spacial score (nSPS) is 29.6. The Balaban J connectivity index is 2.59. The lowest BCUT2D eigenvalue weighted by Crippen LogP contribution is -2.42. The fraction of sp³-hybridized carbons (Fsp3) is 1.00. The quantitative estimate of drug-likeness (QED) is 0.827. The highest BCUT2D eigenvalue weighted by Gasteiger charge is 2.47. The van der Waals surface area contributed by atoms with E-state index < -0.39 is 0 Å². The Labute approximate surface area is 105 Å². The van der Waals surface area contributed by atoms with Crippen molar-refractivity contribution in [1.29, 1.82) is 0 Å². The van der Waals surface area contributed by atoms with Crippen molar-refractivity contribution in [3.8, 4) is 0 Å². The molecule has 0 radical (unpaired) electrons. The zero-order chi connectivity index (χ0) is 12.6. The monoisotopic (exact) mass is 245 g/mol. The predicted molar refractivity (Wildman–Crippen MR) is 72.9 cm³/mol. The Kier molecular flexibility index (Phi) is 4.36. The smallest absolute Gasteiger partial charge is 0.0677 e. The zero-order valence-electron chi connectivity index (χ0n) is 11.5. The summed E-state index contributed by atoms with van der Waals surface area (Å²) >= 11 is 1.95. The number of hydrogen-bond acceptors (Lipinski definition) is 3. The maximum Gasteiger partial charge on any atom is 0.0677 e. The van der Waals surface area contributed by atoms with E-state index in [1.807, 2.05) is 11.8 Å². The summed E-state index contributed by atoms with van der Waals surface area (Å²) in [7, 11) is 0. The van der Waals surface area contributed by atoms with Crippen molar-refractivity contribution >= 4 is 11.8 Å². The number of rotatable bonds is 4. The minimum atomic E-state index is -0.0829. The van der Waals surface area contributed by atoms with Crippen LogP contribution in [0.25, 0.3) is 0 Å². The average molecular weight is 245 g/mol. The number of ether oxygens (including phenoxy) is 1. The highest BCUT2D eigenvalue weighted by molar-refractivity contribution is 7.99. The van der Waals surface area contributed by atoms with Crippen LogP contribution >= 0.6 is 11.8 Å². The van der Waals surface area contributed by atoms with Gasteiger partial charge in [-0.25, -0.2) is 0 Å². The van der Waals surface area contributed by atoms with Crippen molar-refractivity contribution in [3.63, 3.8) is 0 Å². The average Bonchev–Trinajstić information content (AvgIpc) is 2.30. The Morgan fingerprint density at radius 2 is 1.88 bits per heavy atom. The molecule has 0 aromatic carbocycles. The molecule has 0 amide bonds. The van der Waals surface area contributed by atoms with Gasteiger partial charge in [0, 0.05) is 17.7 Å². The molecule has 0 aromatic heterocycles. The molecule has 0 spiro atoms. The van der Waals surface area contributed by atoms with Crippen molar-refractivity contribution in [2.75, 3.05) is 5.75 Å². The molecule has 1 fully saturated rings. The molecule has 1 saturated heterocycles. The molecule has 2 N–H and O–H groups in total. The molecule has 0 bridgehead atoms. The molecule has 2 atom stereocenters. The third-order valence-corrected chi connectivity index (χ3v) is 4.53. The lowest BCUT2D eigenvalue weighted by Gasteiger charge is -2.31. The van der Waals surface area contributed by atoms with Crippen LogP contribution in [-0.4, -0.2) is 28.2 Å². The Morgan fingerprint density at radius 3 is 2.25 bits per heavy atom. The van der Waals surface area contributed by atoms with Gasteiger partial charge in [-0.15, -0.1) is 0 Å². The molecular formula is C13H27NOS. The van der Waals surface area contributed by atoms with E-state index in [2.05, 4.69) is 41.5 Å². The molecule has 1 rings (SSSR count). The molecule has 3 heteroatoms. The van der Waals surface area contributed by atoms with Gasteiger partial charge in [0.15, 0.2) is 0 Å². The van der Waals surface area contributed by atoms with Crippen LogP contribution in [0.2, 0.25) is 0 Å². The molecule has 1 heterocycles. The molecule has 0 saturated carbocycles. The van der Waals surface area contributed by atoms with Gasteiger partial charge >= 0.3 is 0 Å². The molecule has 1 aliphatic heterocycles. The van der Waals surface area contributed by atoms with E-state index in [-0.39, 0.29) is 17.2 Å². The standard InChI is InChI=1S/C13H27NOS/c1-9(2)16-8-11(14)10-7-12(3,4)15-13(10,5)6/h9-11H,7-8,14H2,1-6H3. The van der Waals surface area contributed by atoms with Crippen LogP contribution in [0.4, 0.5) is 0 Å². The first-order valence-corrected chi connectivity index (χ1v) is 7.26. The second-order valence-electron chi connectivity index (χ2n) is 6.32. The van der Waals surface area contributed by atoms with Crippen LogP contribution in [0.15, 0.2) is 0 Å². The van der Waals surface area contributed by atoms with Gasteiger partial charge in [-0.05, 0) is 39.4 Å². The van der Waals surface area contributed by atoms with E-state index >= 15 is 0 Å². The van der Waals surface area contributed by atoms with Gasteiger partial charge in [0.2, 0.25) is 0 Å². The summed E-state index contributed by atoms with van der Waals surface area (Å²) in [6.07, 6.45) is 1.07. The van der Waals surface area contributed by atoms with Crippen molar-refractivity contribution in [3.05, 3.63) is 0 Å². The third-order valence-electron chi connectivity index (χ3n) is 3.28. The van der Waals surface area contributed by atoms with Crippen LogP contribution in [0, 0.1) is 5.92 Å². The minimum absolute atomic E-state index is 0.0196. The Bertz CT molecular complexity index is 238. The molecule has 2 nitrogen and oxygen atoms in total. The predicted octanol–water partition coefficient (Wildman–Crippen LogP) is 3.05. The Morgan fingerprint density at radius 1 is 1.31 bits per heavy atom. The van der Waals surface area contributed by atoms with Crippen LogP contribution in [0.5, 0.6) is 0 Å². The number of thioether (sulfide) groups is 1. The first kappa shape index (κ1) is 14.3. The van der Waals surface area contributed by atoms with E-state index in [9.17, 15) is 0 Å². The van der Waals surface area contributed by atoms with Gasteiger partial charge in [-0.3, -0.25) is 0 Å². The van der Waals surface area contributed by atoms with Crippen molar-refractivity contribution < 1.29 is 4.74 Å². The van der Waals surface area contributed by atoms with Crippen LogP contribution in [-0.2, 0) is 4.74 Å². The second-order valence-corrected chi connectivity index (χ2v) is 7.93. The lowest BCUT2D eigenvalue weighted by atomic mass is 9.83. The SMILES string of the molecule is CC(C)SCC(N)C1CC(C)(C)OC1(C)C. The topological polar surface area (TPSA) is 35.2 Å². The van der Waals surface area contributed by atoms with Gasteiger partial charge in [-0.2, -0.15) is 11.8 Å². The molecule has 1 aliphatic rings. The molecule has 2 unspecified atom stereocenters. The molecule has 96 valence electrons. The van der Waals surface area contributed by atoms with E-state index in [1.54, 1.807) is 0 Å². The number of hydrogen-bond donors (Lipinski definition) is 1. The molecule has 0 aliphatic carbocycles. The van der Waals surface area contributed by atoms with Crippen LogP contribution in [0.1, 0.15) is 48.0 Å². The van der Waals surface area contributed by atoms with E-state index in [1.165, 1.54) is 0 Å². The van der Waals surface area contributed by atoms with Crippen molar-refractivity contribution in [2.24, 2.45) is 11.7 Å². The maximum absolute atomic E-state index is 6.32. The van der Waals surface area contributed by atoms with Gasteiger partial charge in [0.25, 0.3) is 0 Å². The zero-order valence-corrected chi connectivity index (χ0v) is 12.4. The Hall–Kier alpha value is 0.270. The highest BCUT2D eigenvalue weighted by atomic mass is 32.2. The van der Waals surface area contributed by atoms with Crippen LogP contribution < -0.4 is 5.73 Å². The summed E-state index contributed by atoms with van der Waals surface area (Å²) < 4.78 is 6.09. The molecule has 0 aromatic rings. The fourth-order valence-corrected chi connectivity index (χ4v) is 3.53. The van der Waals surface area contributed by atoms with Crippen LogP contribution in [0.3, 0.4) is 0 Å². The number of nitrogens with two attached hydrogens (primary N) is 1. The van der Waals surface area contributed by atoms with Gasteiger partial charge < -0.3 is 10.5 Å². The van der Waals surface area contributed by atoms with Gasteiger partial charge in [0.1, 0.15) is 0 Å². The van der Waals surface area contributed by atoms with E-state index in [0.29, 0.717) is 11.2 Å².